The Morgan fingerprint density at radius 2 is 1.69 bits per heavy atom. The third kappa shape index (κ3) is 4.19. The van der Waals surface area contributed by atoms with E-state index in [0.29, 0.717) is 13.2 Å². The summed E-state index contributed by atoms with van der Waals surface area (Å²) in [6.07, 6.45) is 3.14. The first-order valence-electron chi connectivity index (χ1n) is 9.73. The number of benzene rings is 2. The summed E-state index contributed by atoms with van der Waals surface area (Å²) >= 11 is 0. The van der Waals surface area contributed by atoms with Crippen molar-refractivity contribution in [3.8, 4) is 5.75 Å². The van der Waals surface area contributed by atoms with E-state index in [1.54, 1.807) is 0 Å². The minimum Gasteiger partial charge on any atom is -0.491 e. The topological polar surface area (TPSA) is 35.9 Å². The zero-order valence-electron chi connectivity index (χ0n) is 15.3. The summed E-state index contributed by atoms with van der Waals surface area (Å²) in [5, 5.41) is 10.4. The summed E-state index contributed by atoms with van der Waals surface area (Å²) in [7, 11) is 0. The van der Waals surface area contributed by atoms with Gasteiger partial charge < -0.3 is 14.7 Å². The Balaban J connectivity index is 1.21. The number of ether oxygens (including phenoxy) is 1. The lowest BCUT2D eigenvalue weighted by atomic mass is 10.1. The van der Waals surface area contributed by atoms with E-state index >= 15 is 0 Å². The fourth-order valence-electron chi connectivity index (χ4n) is 4.01. The van der Waals surface area contributed by atoms with E-state index in [4.69, 9.17) is 4.74 Å². The summed E-state index contributed by atoms with van der Waals surface area (Å²) < 4.78 is 5.84. The molecule has 1 aliphatic heterocycles. The lowest BCUT2D eigenvalue weighted by Crippen LogP contribution is -2.49. The lowest BCUT2D eigenvalue weighted by Gasteiger charge is -2.36. The summed E-state index contributed by atoms with van der Waals surface area (Å²) in [5.74, 6) is 0.888. The minimum absolute atomic E-state index is 0.359. The van der Waals surface area contributed by atoms with Crippen molar-refractivity contribution in [3.05, 3.63) is 59.7 Å². The molecule has 4 rings (SSSR count). The molecule has 1 atom stereocenters. The second-order valence-electron chi connectivity index (χ2n) is 7.37. The average Bonchev–Trinajstić information content (AvgIpc) is 3.15. The highest BCUT2D eigenvalue weighted by molar-refractivity contribution is 5.46. The molecule has 0 aromatic heterocycles. The van der Waals surface area contributed by atoms with Crippen molar-refractivity contribution < 1.29 is 9.84 Å². The number of aliphatic hydroxyl groups excluding tert-OH is 1. The molecule has 0 radical (unpaired) electrons. The van der Waals surface area contributed by atoms with Crippen LogP contribution in [-0.2, 0) is 12.8 Å². The molecule has 2 aliphatic rings. The van der Waals surface area contributed by atoms with E-state index in [2.05, 4.69) is 52.3 Å². The summed E-state index contributed by atoms with van der Waals surface area (Å²) in [6.45, 7) is 4.99. The molecule has 1 heterocycles. The van der Waals surface area contributed by atoms with Crippen molar-refractivity contribution in [3.63, 3.8) is 0 Å². The van der Waals surface area contributed by atoms with Crippen LogP contribution >= 0.6 is 0 Å². The number of hydrogen-bond acceptors (Lipinski definition) is 4. The van der Waals surface area contributed by atoms with E-state index in [-0.39, 0.29) is 0 Å². The molecule has 1 aliphatic carbocycles. The van der Waals surface area contributed by atoms with Crippen LogP contribution < -0.4 is 9.64 Å². The van der Waals surface area contributed by atoms with Gasteiger partial charge in [0.05, 0.1) is 0 Å². The molecular weight excluding hydrogens is 324 g/mol. The molecule has 0 bridgehead atoms. The summed E-state index contributed by atoms with van der Waals surface area (Å²) in [5.41, 5.74) is 4.15. The molecule has 0 spiro atoms. The van der Waals surface area contributed by atoms with Gasteiger partial charge in [0.15, 0.2) is 0 Å². The van der Waals surface area contributed by atoms with E-state index in [1.165, 1.54) is 29.7 Å². The number of aryl methyl sites for hydroxylation is 2. The van der Waals surface area contributed by atoms with Crippen LogP contribution in [0.15, 0.2) is 48.5 Å². The Morgan fingerprint density at radius 3 is 2.50 bits per heavy atom. The maximum Gasteiger partial charge on any atom is 0.119 e. The Hall–Kier alpha value is -2.04. The Kier molecular flexibility index (Phi) is 5.42. The molecule has 1 unspecified atom stereocenters. The number of rotatable bonds is 6. The van der Waals surface area contributed by atoms with Crippen molar-refractivity contribution in [1.82, 2.24) is 4.90 Å². The van der Waals surface area contributed by atoms with Crippen molar-refractivity contribution in [1.29, 1.82) is 0 Å². The first-order valence-corrected chi connectivity index (χ1v) is 9.73. The second-order valence-corrected chi connectivity index (χ2v) is 7.37. The highest BCUT2D eigenvalue weighted by Gasteiger charge is 2.20. The smallest absolute Gasteiger partial charge is 0.119 e. The van der Waals surface area contributed by atoms with E-state index in [0.717, 1.165) is 38.3 Å². The number of hydrogen-bond donors (Lipinski definition) is 1. The zero-order valence-corrected chi connectivity index (χ0v) is 15.3. The molecule has 0 saturated carbocycles. The summed E-state index contributed by atoms with van der Waals surface area (Å²) in [4.78, 5) is 4.74. The molecule has 138 valence electrons. The van der Waals surface area contributed by atoms with Crippen molar-refractivity contribution in [2.45, 2.75) is 25.4 Å². The van der Waals surface area contributed by atoms with Gasteiger partial charge in [0.1, 0.15) is 18.5 Å². The van der Waals surface area contributed by atoms with Gasteiger partial charge in [0, 0.05) is 38.4 Å². The lowest BCUT2D eigenvalue weighted by molar-refractivity contribution is 0.0663. The molecule has 26 heavy (non-hydrogen) atoms. The van der Waals surface area contributed by atoms with Gasteiger partial charge in [-0.2, -0.15) is 0 Å². The SMILES string of the molecule is OC(COc1ccc2c(c1)CCC2)CN1CCN(c2ccccc2)CC1. The molecular formula is C22H28N2O2. The van der Waals surface area contributed by atoms with Crippen LogP contribution in [0.1, 0.15) is 17.5 Å². The van der Waals surface area contributed by atoms with Gasteiger partial charge in [-0.05, 0) is 54.7 Å². The van der Waals surface area contributed by atoms with Gasteiger partial charge in [-0.3, -0.25) is 4.90 Å². The summed E-state index contributed by atoms with van der Waals surface area (Å²) in [6, 6.07) is 16.9. The second kappa shape index (κ2) is 8.11. The number of anilines is 1. The van der Waals surface area contributed by atoms with Gasteiger partial charge in [-0.1, -0.05) is 24.3 Å². The van der Waals surface area contributed by atoms with E-state index < -0.39 is 6.10 Å². The average molecular weight is 352 g/mol. The molecule has 0 amide bonds. The Labute approximate surface area is 156 Å². The van der Waals surface area contributed by atoms with Crippen LogP contribution in [0.4, 0.5) is 5.69 Å². The largest absolute Gasteiger partial charge is 0.491 e. The highest BCUT2D eigenvalue weighted by atomic mass is 16.5. The van der Waals surface area contributed by atoms with Gasteiger partial charge >= 0.3 is 0 Å². The third-order valence-corrected chi connectivity index (χ3v) is 5.47. The van der Waals surface area contributed by atoms with Crippen LogP contribution in [-0.4, -0.2) is 55.4 Å². The first kappa shape index (κ1) is 17.4. The van der Waals surface area contributed by atoms with Crippen molar-refractivity contribution in [2.75, 3.05) is 44.2 Å². The number of para-hydroxylation sites is 1. The molecule has 4 heteroatoms. The van der Waals surface area contributed by atoms with Crippen molar-refractivity contribution in [2.24, 2.45) is 0 Å². The highest BCUT2D eigenvalue weighted by Crippen LogP contribution is 2.26. The van der Waals surface area contributed by atoms with Gasteiger partial charge in [0.2, 0.25) is 0 Å². The molecule has 2 aromatic rings. The standard InChI is InChI=1S/C22H28N2O2/c25-21(17-26-22-10-9-18-5-4-6-19(18)15-22)16-23-11-13-24(14-12-23)20-7-2-1-3-8-20/h1-3,7-10,15,21,25H,4-6,11-14,16-17H2. The number of β-amino-alcohol motifs (C(OH)–C–C–N with tert-alkyl or cyclic N) is 1. The molecule has 1 saturated heterocycles. The maximum absolute atomic E-state index is 10.4. The predicted molar refractivity (Wildman–Crippen MR) is 105 cm³/mol. The van der Waals surface area contributed by atoms with Crippen LogP contribution in [0.25, 0.3) is 0 Å². The fraction of sp³-hybridized carbons (Fsp3) is 0.455. The normalized spacial score (nSPS) is 18.6. The number of fused-ring (bicyclic) bond motifs is 1. The minimum atomic E-state index is -0.452. The van der Waals surface area contributed by atoms with Crippen LogP contribution in [0.3, 0.4) is 0 Å². The quantitative estimate of drug-likeness (QED) is 0.867. The maximum atomic E-state index is 10.4. The molecule has 1 N–H and O–H groups in total. The third-order valence-electron chi connectivity index (χ3n) is 5.47. The first-order chi connectivity index (χ1) is 12.8. The predicted octanol–water partition coefficient (Wildman–Crippen LogP) is 2.74. The molecule has 4 nitrogen and oxygen atoms in total. The Morgan fingerprint density at radius 1 is 0.923 bits per heavy atom. The number of aliphatic hydroxyl groups is 1. The van der Waals surface area contributed by atoms with E-state index in [1.807, 2.05) is 6.07 Å². The van der Waals surface area contributed by atoms with Gasteiger partial charge in [0.25, 0.3) is 0 Å². The zero-order chi connectivity index (χ0) is 17.8. The van der Waals surface area contributed by atoms with Crippen LogP contribution in [0.2, 0.25) is 0 Å². The number of nitrogens with zero attached hydrogens (tertiary/aromatic N) is 2. The molecule has 2 aromatic carbocycles. The van der Waals surface area contributed by atoms with Gasteiger partial charge in [-0.25, -0.2) is 0 Å². The molecule has 1 fully saturated rings. The van der Waals surface area contributed by atoms with E-state index in [9.17, 15) is 5.11 Å². The van der Waals surface area contributed by atoms with Gasteiger partial charge in [-0.15, -0.1) is 0 Å². The number of piperazine rings is 1. The van der Waals surface area contributed by atoms with Crippen LogP contribution in [0, 0.1) is 0 Å². The van der Waals surface area contributed by atoms with Crippen molar-refractivity contribution >= 4 is 5.69 Å². The van der Waals surface area contributed by atoms with Crippen LogP contribution in [0.5, 0.6) is 5.75 Å². The fourth-order valence-corrected chi connectivity index (χ4v) is 4.01. The monoisotopic (exact) mass is 352 g/mol. The Bertz CT molecular complexity index is 711.